The molecule has 7 heteroatoms. The van der Waals surface area contributed by atoms with Crippen LogP contribution in [0.5, 0.6) is 11.5 Å². The van der Waals surface area contributed by atoms with Crippen molar-refractivity contribution in [3.8, 4) is 33.1 Å². The predicted molar refractivity (Wildman–Crippen MR) is 129 cm³/mol. The number of phenols is 2. The molecule has 1 amide bonds. The maximum atomic E-state index is 12.8. The maximum absolute atomic E-state index is 12.8. The van der Waals surface area contributed by atoms with Crippen LogP contribution in [0.15, 0.2) is 78.9 Å². The van der Waals surface area contributed by atoms with Crippen molar-refractivity contribution in [1.29, 1.82) is 0 Å². The standard InChI is InChI=1S/C26H21NO5S/c28-18-8-10-20(23(29)14-18)17-5-3-4-16(12-17)13-25(30)27-22-7-2-1-6-21(22)24-11-9-19(33-24)15-26(31)32/h1-12,14,28-29H,13,15H2,(H,27,30)(H,31,32). The smallest absolute Gasteiger partial charge is 0.308 e. The largest absolute Gasteiger partial charge is 0.508 e. The number of aromatic hydroxyl groups is 2. The lowest BCUT2D eigenvalue weighted by Gasteiger charge is -2.11. The Hall–Kier alpha value is -4.10. The summed E-state index contributed by atoms with van der Waals surface area (Å²) in [5, 5.41) is 31.6. The molecule has 33 heavy (non-hydrogen) atoms. The number of anilines is 1. The first-order valence-electron chi connectivity index (χ1n) is 10.2. The van der Waals surface area contributed by atoms with Gasteiger partial charge < -0.3 is 20.6 Å². The number of para-hydroxylation sites is 1. The zero-order valence-corrected chi connectivity index (χ0v) is 18.3. The number of rotatable bonds is 7. The molecule has 0 bridgehead atoms. The van der Waals surface area contributed by atoms with E-state index in [9.17, 15) is 19.8 Å². The van der Waals surface area contributed by atoms with E-state index in [4.69, 9.17) is 5.11 Å². The number of thiophene rings is 1. The fraction of sp³-hybridized carbons (Fsp3) is 0.0769. The number of aliphatic carboxylic acids is 1. The first kappa shape index (κ1) is 22.1. The molecule has 4 N–H and O–H groups in total. The third kappa shape index (κ3) is 5.39. The molecule has 0 aliphatic carbocycles. The topological polar surface area (TPSA) is 107 Å². The highest BCUT2D eigenvalue weighted by Crippen LogP contribution is 2.34. The lowest BCUT2D eigenvalue weighted by atomic mass is 10.0. The highest BCUT2D eigenvalue weighted by Gasteiger charge is 2.13. The van der Waals surface area contributed by atoms with E-state index in [2.05, 4.69) is 5.32 Å². The number of carboxylic acid groups (broad SMARTS) is 1. The average molecular weight is 460 g/mol. The SMILES string of the molecule is O=C(O)Cc1ccc(-c2ccccc2NC(=O)Cc2cccc(-c3ccc(O)cc3O)c2)s1. The minimum atomic E-state index is -0.882. The summed E-state index contributed by atoms with van der Waals surface area (Å²) in [4.78, 5) is 25.4. The molecule has 0 fully saturated rings. The zero-order valence-electron chi connectivity index (χ0n) is 17.5. The summed E-state index contributed by atoms with van der Waals surface area (Å²) in [6.07, 6.45) is 0.0991. The molecule has 4 rings (SSSR count). The van der Waals surface area contributed by atoms with Crippen LogP contribution in [-0.2, 0) is 22.4 Å². The monoisotopic (exact) mass is 459 g/mol. The molecular formula is C26H21NO5S. The maximum Gasteiger partial charge on any atom is 0.308 e. The number of carbonyl (C=O) groups excluding carboxylic acids is 1. The number of nitrogens with one attached hydrogen (secondary N) is 1. The van der Waals surface area contributed by atoms with Crippen LogP contribution < -0.4 is 5.32 Å². The van der Waals surface area contributed by atoms with Crippen LogP contribution in [-0.4, -0.2) is 27.2 Å². The summed E-state index contributed by atoms with van der Waals surface area (Å²) < 4.78 is 0. The van der Waals surface area contributed by atoms with Crippen molar-refractivity contribution < 1.29 is 24.9 Å². The minimum Gasteiger partial charge on any atom is -0.508 e. The van der Waals surface area contributed by atoms with Gasteiger partial charge in [0.1, 0.15) is 11.5 Å². The molecule has 0 unspecified atom stereocenters. The lowest BCUT2D eigenvalue weighted by Crippen LogP contribution is -2.15. The van der Waals surface area contributed by atoms with Gasteiger partial charge in [0.15, 0.2) is 0 Å². The Morgan fingerprint density at radius 2 is 1.64 bits per heavy atom. The van der Waals surface area contributed by atoms with Gasteiger partial charge in [-0.05, 0) is 41.5 Å². The number of amides is 1. The number of carboxylic acids is 1. The van der Waals surface area contributed by atoms with Crippen molar-refractivity contribution in [1.82, 2.24) is 0 Å². The first-order chi connectivity index (χ1) is 15.9. The van der Waals surface area contributed by atoms with Gasteiger partial charge in [-0.2, -0.15) is 0 Å². The van der Waals surface area contributed by atoms with E-state index in [1.807, 2.05) is 54.6 Å². The normalized spacial score (nSPS) is 10.7. The van der Waals surface area contributed by atoms with Gasteiger partial charge >= 0.3 is 5.97 Å². The molecule has 4 aromatic rings. The third-order valence-corrected chi connectivity index (χ3v) is 6.16. The van der Waals surface area contributed by atoms with Crippen LogP contribution in [0.1, 0.15) is 10.4 Å². The Morgan fingerprint density at radius 1 is 0.818 bits per heavy atom. The van der Waals surface area contributed by atoms with Gasteiger partial charge in [0.2, 0.25) is 5.91 Å². The van der Waals surface area contributed by atoms with E-state index in [0.717, 1.165) is 26.4 Å². The summed E-state index contributed by atoms with van der Waals surface area (Å²) in [5.74, 6) is -1.14. The van der Waals surface area contributed by atoms with E-state index in [1.54, 1.807) is 12.1 Å². The first-order valence-corrected chi connectivity index (χ1v) is 11.0. The third-order valence-electron chi connectivity index (χ3n) is 5.04. The van der Waals surface area contributed by atoms with Crippen molar-refractivity contribution in [2.24, 2.45) is 0 Å². The van der Waals surface area contributed by atoms with Crippen LogP contribution in [0.25, 0.3) is 21.6 Å². The number of benzene rings is 3. The Labute approximate surface area is 194 Å². The van der Waals surface area contributed by atoms with E-state index in [1.165, 1.54) is 23.5 Å². The van der Waals surface area contributed by atoms with E-state index in [0.29, 0.717) is 11.3 Å². The van der Waals surface area contributed by atoms with Gasteiger partial charge in [-0.15, -0.1) is 11.3 Å². The molecule has 166 valence electrons. The van der Waals surface area contributed by atoms with Crippen LogP contribution in [0.4, 0.5) is 5.69 Å². The number of hydrogen-bond donors (Lipinski definition) is 4. The molecule has 6 nitrogen and oxygen atoms in total. The molecule has 3 aromatic carbocycles. The van der Waals surface area contributed by atoms with Gasteiger partial charge in [-0.1, -0.05) is 42.5 Å². The Balaban J connectivity index is 1.51. The second-order valence-electron chi connectivity index (χ2n) is 7.51. The van der Waals surface area contributed by atoms with E-state index < -0.39 is 5.97 Å². The molecule has 0 aliphatic heterocycles. The average Bonchev–Trinajstić information content (AvgIpc) is 3.21. The quantitative estimate of drug-likeness (QED) is 0.300. The number of phenolic OH excluding ortho intramolecular Hbond substituents is 2. The predicted octanol–water partition coefficient (Wildman–Crippen LogP) is 5.30. The van der Waals surface area contributed by atoms with Gasteiger partial charge in [0.05, 0.1) is 12.8 Å². The molecule has 0 aliphatic rings. The van der Waals surface area contributed by atoms with Gasteiger partial charge in [-0.25, -0.2) is 0 Å². The molecule has 0 saturated heterocycles. The van der Waals surface area contributed by atoms with Crippen molar-refractivity contribution in [2.45, 2.75) is 12.8 Å². The lowest BCUT2D eigenvalue weighted by molar-refractivity contribution is -0.136. The summed E-state index contributed by atoms with van der Waals surface area (Å²) in [5.41, 5.74) is 3.56. The van der Waals surface area contributed by atoms with E-state index >= 15 is 0 Å². The molecule has 0 atom stereocenters. The Kier molecular flexibility index (Phi) is 6.42. The molecular weight excluding hydrogens is 438 g/mol. The zero-order chi connectivity index (χ0) is 23.4. The highest BCUT2D eigenvalue weighted by atomic mass is 32.1. The van der Waals surface area contributed by atoms with Gasteiger partial charge in [0.25, 0.3) is 0 Å². The van der Waals surface area contributed by atoms with Crippen molar-refractivity contribution in [3.05, 3.63) is 89.3 Å². The molecule has 0 radical (unpaired) electrons. The van der Waals surface area contributed by atoms with Crippen LogP contribution in [0.2, 0.25) is 0 Å². The number of hydrogen-bond acceptors (Lipinski definition) is 5. The van der Waals surface area contributed by atoms with Crippen LogP contribution in [0, 0.1) is 0 Å². The van der Waals surface area contributed by atoms with E-state index in [-0.39, 0.29) is 30.2 Å². The summed E-state index contributed by atoms with van der Waals surface area (Å²) in [7, 11) is 0. The molecule has 1 aromatic heterocycles. The van der Waals surface area contributed by atoms with Crippen molar-refractivity contribution >= 4 is 28.9 Å². The fourth-order valence-electron chi connectivity index (χ4n) is 3.57. The van der Waals surface area contributed by atoms with Crippen LogP contribution in [0.3, 0.4) is 0 Å². The summed E-state index contributed by atoms with van der Waals surface area (Å²) in [6, 6.07) is 22.8. The molecule has 0 spiro atoms. The number of carbonyl (C=O) groups is 2. The van der Waals surface area contributed by atoms with Crippen LogP contribution >= 0.6 is 11.3 Å². The summed E-state index contributed by atoms with van der Waals surface area (Å²) >= 11 is 1.39. The minimum absolute atomic E-state index is 0.0220. The van der Waals surface area contributed by atoms with Gasteiger partial charge in [-0.3, -0.25) is 9.59 Å². The Morgan fingerprint density at radius 3 is 2.42 bits per heavy atom. The second-order valence-corrected chi connectivity index (χ2v) is 8.68. The molecule has 1 heterocycles. The van der Waals surface area contributed by atoms with Gasteiger partial charge in [0, 0.05) is 32.6 Å². The molecule has 0 saturated carbocycles. The van der Waals surface area contributed by atoms with Crippen molar-refractivity contribution in [3.63, 3.8) is 0 Å². The highest BCUT2D eigenvalue weighted by molar-refractivity contribution is 7.15. The Bertz CT molecular complexity index is 1330. The summed E-state index contributed by atoms with van der Waals surface area (Å²) in [6.45, 7) is 0. The van der Waals surface area contributed by atoms with Crippen molar-refractivity contribution in [2.75, 3.05) is 5.32 Å². The fourth-order valence-corrected chi connectivity index (χ4v) is 4.60. The second kappa shape index (κ2) is 9.58.